The van der Waals surface area contributed by atoms with E-state index in [1.165, 1.54) is 0 Å². The molecule has 2 N–H and O–H groups in total. The monoisotopic (exact) mass is 326 g/mol. The van der Waals surface area contributed by atoms with Crippen LogP contribution in [-0.2, 0) is 16.0 Å². The van der Waals surface area contributed by atoms with Crippen molar-refractivity contribution in [3.05, 3.63) is 28.6 Å². The van der Waals surface area contributed by atoms with Gasteiger partial charge in [0.2, 0.25) is 5.91 Å². The van der Waals surface area contributed by atoms with E-state index in [2.05, 4.69) is 10.3 Å². The molecule has 0 saturated carbocycles. The number of hydrogen-bond donors (Lipinski definition) is 2. The number of nitrogens with zero attached hydrogens (tertiary/aromatic N) is 1. The molecule has 0 spiro atoms. The number of aliphatic hydroxyl groups excluding tert-OH is 1. The summed E-state index contributed by atoms with van der Waals surface area (Å²) >= 11 is 3.18. The molecule has 2 rings (SSSR count). The topological polar surface area (TPSA) is 71.5 Å². The molecule has 0 fully saturated rings. The van der Waals surface area contributed by atoms with E-state index in [1.54, 1.807) is 29.8 Å². The number of carbonyl (C=O) groups is 1. The van der Waals surface area contributed by atoms with Crippen molar-refractivity contribution < 1.29 is 14.6 Å². The van der Waals surface area contributed by atoms with Crippen LogP contribution in [0.2, 0.25) is 0 Å². The summed E-state index contributed by atoms with van der Waals surface area (Å²) in [5.74, 6) is -0.103. The standard InChI is InChI=1S/C14H18N2O3S2/c1-19-8-10(4-5-17)15-13(18)7-11-9-21-14(16-11)12-3-2-6-20-12/h2-3,6,9-10,17H,4-5,7-8H2,1H3,(H,15,18). The van der Waals surface area contributed by atoms with E-state index in [-0.39, 0.29) is 25.0 Å². The lowest BCUT2D eigenvalue weighted by atomic mass is 10.2. The minimum absolute atomic E-state index is 0.0214. The van der Waals surface area contributed by atoms with E-state index >= 15 is 0 Å². The second-order valence-corrected chi connectivity index (χ2v) is 6.34. The van der Waals surface area contributed by atoms with E-state index in [9.17, 15) is 4.79 Å². The first kappa shape index (κ1) is 16.1. The molecule has 2 heterocycles. The molecule has 0 aromatic carbocycles. The van der Waals surface area contributed by atoms with Crippen molar-refractivity contribution in [2.45, 2.75) is 18.9 Å². The highest BCUT2D eigenvalue weighted by Gasteiger charge is 2.14. The molecule has 0 saturated heterocycles. The van der Waals surface area contributed by atoms with Crippen LogP contribution in [0, 0.1) is 0 Å². The minimum atomic E-state index is -0.164. The van der Waals surface area contributed by atoms with Gasteiger partial charge in [-0.15, -0.1) is 22.7 Å². The maximum Gasteiger partial charge on any atom is 0.226 e. The summed E-state index contributed by atoms with van der Waals surface area (Å²) in [4.78, 5) is 17.6. The van der Waals surface area contributed by atoms with Gasteiger partial charge in [-0.1, -0.05) is 6.07 Å². The lowest BCUT2D eigenvalue weighted by Gasteiger charge is -2.16. The van der Waals surface area contributed by atoms with E-state index in [0.717, 1.165) is 15.6 Å². The first-order valence-electron chi connectivity index (χ1n) is 6.60. The van der Waals surface area contributed by atoms with Gasteiger partial charge in [-0.2, -0.15) is 0 Å². The van der Waals surface area contributed by atoms with Gasteiger partial charge in [0.05, 0.1) is 29.6 Å². The van der Waals surface area contributed by atoms with Gasteiger partial charge in [0.25, 0.3) is 0 Å². The Hall–Kier alpha value is -1.28. The van der Waals surface area contributed by atoms with Crippen molar-refractivity contribution in [2.24, 2.45) is 0 Å². The van der Waals surface area contributed by atoms with E-state index in [4.69, 9.17) is 9.84 Å². The molecular formula is C14H18N2O3S2. The normalized spacial score (nSPS) is 12.3. The third kappa shape index (κ3) is 4.89. The number of nitrogens with one attached hydrogen (secondary N) is 1. The Morgan fingerprint density at radius 1 is 1.52 bits per heavy atom. The first-order valence-corrected chi connectivity index (χ1v) is 8.36. The van der Waals surface area contributed by atoms with Crippen molar-refractivity contribution in [1.29, 1.82) is 0 Å². The summed E-state index contributed by atoms with van der Waals surface area (Å²) in [6, 6.07) is 3.84. The highest BCUT2D eigenvalue weighted by Crippen LogP contribution is 2.27. The van der Waals surface area contributed by atoms with E-state index < -0.39 is 0 Å². The quantitative estimate of drug-likeness (QED) is 0.777. The number of ether oxygens (including phenoxy) is 1. The fraction of sp³-hybridized carbons (Fsp3) is 0.429. The number of aromatic nitrogens is 1. The Morgan fingerprint density at radius 3 is 3.05 bits per heavy atom. The molecule has 1 unspecified atom stereocenters. The molecule has 0 aliphatic carbocycles. The van der Waals surface area contributed by atoms with Gasteiger partial charge >= 0.3 is 0 Å². The van der Waals surface area contributed by atoms with Crippen LogP contribution in [0.15, 0.2) is 22.9 Å². The van der Waals surface area contributed by atoms with Crippen LogP contribution in [0.25, 0.3) is 9.88 Å². The van der Waals surface area contributed by atoms with Crippen molar-refractivity contribution in [1.82, 2.24) is 10.3 Å². The fourth-order valence-electron chi connectivity index (χ4n) is 1.90. The van der Waals surface area contributed by atoms with Gasteiger partial charge in [0, 0.05) is 19.1 Å². The zero-order valence-electron chi connectivity index (χ0n) is 11.7. The molecule has 0 aliphatic rings. The van der Waals surface area contributed by atoms with Crippen molar-refractivity contribution in [3.8, 4) is 9.88 Å². The third-order valence-corrected chi connectivity index (χ3v) is 4.77. The highest BCUT2D eigenvalue weighted by molar-refractivity contribution is 7.20. The Labute approximate surface area is 131 Å². The molecule has 1 amide bonds. The van der Waals surface area contributed by atoms with Crippen molar-refractivity contribution in [3.63, 3.8) is 0 Å². The number of thiophene rings is 1. The number of amides is 1. The minimum Gasteiger partial charge on any atom is -0.396 e. The van der Waals surface area contributed by atoms with Gasteiger partial charge in [-0.25, -0.2) is 4.98 Å². The fourth-order valence-corrected chi connectivity index (χ4v) is 3.53. The summed E-state index contributed by atoms with van der Waals surface area (Å²) in [6.45, 7) is 0.414. The van der Waals surface area contributed by atoms with Crippen LogP contribution < -0.4 is 5.32 Å². The summed E-state index contributed by atoms with van der Waals surface area (Å²) < 4.78 is 5.02. The molecule has 2 aromatic heterocycles. The molecule has 21 heavy (non-hydrogen) atoms. The predicted octanol–water partition coefficient (Wildman–Crippen LogP) is 1.93. The van der Waals surface area contributed by atoms with Crippen molar-refractivity contribution in [2.75, 3.05) is 20.3 Å². The zero-order chi connectivity index (χ0) is 15.1. The molecule has 1 atom stereocenters. The molecule has 0 bridgehead atoms. The van der Waals surface area contributed by atoms with Crippen LogP contribution in [0.4, 0.5) is 0 Å². The number of methoxy groups -OCH3 is 1. The van der Waals surface area contributed by atoms with Crippen LogP contribution in [0.5, 0.6) is 0 Å². The summed E-state index contributed by atoms with van der Waals surface area (Å²) in [6.07, 6.45) is 0.727. The summed E-state index contributed by atoms with van der Waals surface area (Å²) in [7, 11) is 1.57. The molecule has 0 radical (unpaired) electrons. The van der Waals surface area contributed by atoms with Gasteiger partial charge in [0.1, 0.15) is 5.01 Å². The Balaban J connectivity index is 1.90. The SMILES string of the molecule is COCC(CCO)NC(=O)Cc1csc(-c2cccs2)n1. The maximum atomic E-state index is 12.0. The highest BCUT2D eigenvalue weighted by atomic mass is 32.1. The van der Waals surface area contributed by atoms with Crippen molar-refractivity contribution >= 4 is 28.6 Å². The molecular weight excluding hydrogens is 308 g/mol. The smallest absolute Gasteiger partial charge is 0.226 e. The van der Waals surface area contributed by atoms with Crippen LogP contribution in [0.1, 0.15) is 12.1 Å². The zero-order valence-corrected chi connectivity index (χ0v) is 13.4. The van der Waals surface area contributed by atoms with Gasteiger partial charge < -0.3 is 15.2 Å². The van der Waals surface area contributed by atoms with Crippen LogP contribution >= 0.6 is 22.7 Å². The number of aliphatic hydroxyl groups is 1. The maximum absolute atomic E-state index is 12.0. The van der Waals surface area contributed by atoms with Gasteiger partial charge in [0.15, 0.2) is 0 Å². The molecule has 7 heteroatoms. The van der Waals surface area contributed by atoms with Gasteiger partial charge in [-0.05, 0) is 17.9 Å². The van der Waals surface area contributed by atoms with E-state index in [0.29, 0.717) is 13.0 Å². The number of carbonyl (C=O) groups excluding carboxylic acids is 1. The van der Waals surface area contributed by atoms with E-state index in [1.807, 2.05) is 22.9 Å². The Bertz CT molecular complexity index is 548. The number of rotatable bonds is 8. The largest absolute Gasteiger partial charge is 0.396 e. The Kier molecular flexibility index (Phi) is 6.31. The Morgan fingerprint density at radius 2 is 2.38 bits per heavy atom. The molecule has 2 aromatic rings. The molecule has 5 nitrogen and oxygen atoms in total. The van der Waals surface area contributed by atoms with Crippen LogP contribution in [-0.4, -0.2) is 42.4 Å². The summed E-state index contributed by atoms with van der Waals surface area (Å²) in [5, 5.41) is 16.7. The average molecular weight is 326 g/mol. The lowest BCUT2D eigenvalue weighted by Crippen LogP contribution is -2.39. The summed E-state index contributed by atoms with van der Waals surface area (Å²) in [5.41, 5.74) is 0.765. The second-order valence-electron chi connectivity index (χ2n) is 4.53. The lowest BCUT2D eigenvalue weighted by molar-refractivity contribution is -0.121. The number of hydrogen-bond acceptors (Lipinski definition) is 6. The average Bonchev–Trinajstić information content (AvgIpc) is 3.09. The van der Waals surface area contributed by atoms with Gasteiger partial charge in [-0.3, -0.25) is 4.79 Å². The third-order valence-electron chi connectivity index (χ3n) is 2.84. The number of thiazole rings is 1. The van der Waals surface area contributed by atoms with Crippen LogP contribution in [0.3, 0.4) is 0 Å². The molecule has 114 valence electrons. The molecule has 0 aliphatic heterocycles. The second kappa shape index (κ2) is 8.23. The predicted molar refractivity (Wildman–Crippen MR) is 84.6 cm³/mol. The first-order chi connectivity index (χ1) is 10.2.